The van der Waals surface area contributed by atoms with Gasteiger partial charge < -0.3 is 0 Å². The van der Waals surface area contributed by atoms with Crippen LogP contribution in [0.3, 0.4) is 0 Å². The molecule has 0 aromatic heterocycles. The molecule has 0 saturated heterocycles. The molecule has 112 valence electrons. The first kappa shape index (κ1) is 15.0. The second-order valence-electron chi connectivity index (χ2n) is 4.87. The van der Waals surface area contributed by atoms with E-state index in [9.17, 15) is 0 Å². The highest BCUT2D eigenvalue weighted by Gasteiger charge is 1.99. The normalized spacial score (nSPS) is 10.6. The maximum atomic E-state index is 4.57. The predicted octanol–water partition coefficient (Wildman–Crippen LogP) is 5.83. The molecule has 23 heavy (non-hydrogen) atoms. The molecule has 0 heterocycles. The number of anilines is 1. The Balaban J connectivity index is 1.78. The molecule has 0 spiro atoms. The Labute approximate surface area is 140 Å². The zero-order chi connectivity index (χ0) is 15.9. The molecule has 0 radical (unpaired) electrons. The monoisotopic (exact) mass is 318 g/mol. The first-order valence-corrected chi connectivity index (χ1v) is 7.47. The molecular weight excluding hydrogens is 304 g/mol. The third-order valence-corrected chi connectivity index (χ3v) is 3.37. The minimum Gasteiger partial charge on any atom is -0.267 e. The van der Waals surface area contributed by atoms with Crippen molar-refractivity contribution in [2.45, 2.75) is 0 Å². The van der Waals surface area contributed by atoms with Gasteiger partial charge in [-0.3, -0.25) is 5.43 Å². The lowest BCUT2D eigenvalue weighted by Gasteiger charge is -2.04. The van der Waals surface area contributed by atoms with Gasteiger partial charge in [0, 0.05) is 0 Å². The number of hydrogen-bond donors (Lipinski definition) is 1. The highest BCUT2D eigenvalue weighted by Crippen LogP contribution is 2.26. The van der Waals surface area contributed by atoms with Gasteiger partial charge in [0.1, 0.15) is 0 Å². The van der Waals surface area contributed by atoms with Gasteiger partial charge in [0.25, 0.3) is 0 Å². The highest BCUT2D eigenvalue weighted by molar-refractivity contribution is 7.47. The Bertz CT molecular complexity index is 814. The number of benzene rings is 3. The fourth-order valence-corrected chi connectivity index (χ4v) is 2.26. The molecule has 0 aliphatic heterocycles. The summed E-state index contributed by atoms with van der Waals surface area (Å²) in [6.07, 6.45) is 0. The summed E-state index contributed by atoms with van der Waals surface area (Å²) < 4.78 is 3.51. The van der Waals surface area contributed by atoms with Gasteiger partial charge in [-0.2, -0.15) is 10.2 Å². The summed E-state index contributed by atoms with van der Waals surface area (Å²) in [5.74, 6) is 0. The number of nitrogens with zero attached hydrogens (tertiary/aromatic N) is 3. The summed E-state index contributed by atoms with van der Waals surface area (Å²) in [5.41, 5.74) is 7.47. The van der Waals surface area contributed by atoms with Crippen molar-refractivity contribution in [3.05, 3.63) is 78.9 Å². The molecule has 0 fully saturated rings. The van der Waals surface area contributed by atoms with E-state index in [1.165, 1.54) is 0 Å². The quantitative estimate of drug-likeness (QED) is 0.475. The van der Waals surface area contributed by atoms with E-state index in [1.54, 1.807) is 0 Å². The molecule has 0 aliphatic rings. The van der Waals surface area contributed by atoms with Crippen molar-refractivity contribution >= 4 is 29.5 Å². The topological polar surface area (TPSA) is 49.1 Å². The van der Waals surface area contributed by atoms with E-state index in [0.29, 0.717) is 0 Å². The minimum atomic E-state index is 0.812. The van der Waals surface area contributed by atoms with Crippen molar-refractivity contribution in [3.63, 3.8) is 0 Å². The average Bonchev–Trinajstić information content (AvgIpc) is 2.62. The summed E-state index contributed by atoms with van der Waals surface area (Å²) in [6.45, 7) is 0. The van der Waals surface area contributed by atoms with Crippen LogP contribution in [0, 0.1) is 0 Å². The first-order valence-electron chi connectivity index (χ1n) is 7.11. The zero-order valence-electron chi connectivity index (χ0n) is 12.3. The van der Waals surface area contributed by atoms with Crippen molar-refractivity contribution < 1.29 is 0 Å². The maximum absolute atomic E-state index is 4.57. The zero-order valence-corrected chi connectivity index (χ0v) is 13.1. The molecular formula is C18H14N4S. The molecule has 0 amide bonds. The van der Waals surface area contributed by atoms with Gasteiger partial charge in [0.2, 0.25) is 0 Å². The van der Waals surface area contributed by atoms with Gasteiger partial charge in [0.05, 0.1) is 29.5 Å². The molecule has 0 saturated carbocycles. The average molecular weight is 318 g/mol. The van der Waals surface area contributed by atoms with Gasteiger partial charge in [-0.05, 0) is 47.5 Å². The van der Waals surface area contributed by atoms with Crippen LogP contribution in [0.5, 0.6) is 0 Å². The predicted molar refractivity (Wildman–Crippen MR) is 95.9 cm³/mol. The summed E-state index contributed by atoms with van der Waals surface area (Å²) in [7, 11) is 0. The lowest BCUT2D eigenvalue weighted by atomic mass is 10.0. The van der Waals surface area contributed by atoms with E-state index in [1.807, 2.05) is 78.9 Å². The third-order valence-electron chi connectivity index (χ3n) is 3.28. The van der Waals surface area contributed by atoms with E-state index in [4.69, 9.17) is 0 Å². The van der Waals surface area contributed by atoms with Crippen LogP contribution in [0.4, 0.5) is 17.1 Å². The summed E-state index contributed by atoms with van der Waals surface area (Å²) >= 11 is 4.57. The molecule has 3 aromatic rings. The van der Waals surface area contributed by atoms with E-state index in [0.717, 1.165) is 28.2 Å². The van der Waals surface area contributed by atoms with Crippen molar-refractivity contribution in [1.29, 1.82) is 0 Å². The molecule has 0 atom stereocenters. The second kappa shape index (κ2) is 7.38. The molecule has 0 bridgehead atoms. The van der Waals surface area contributed by atoms with Crippen molar-refractivity contribution in [3.8, 4) is 11.1 Å². The maximum Gasteiger partial charge on any atom is 0.0857 e. The lowest BCUT2D eigenvalue weighted by Crippen LogP contribution is -1.86. The van der Waals surface area contributed by atoms with Gasteiger partial charge in [-0.15, -0.1) is 4.47 Å². The highest BCUT2D eigenvalue weighted by atomic mass is 32.1. The van der Waals surface area contributed by atoms with Crippen LogP contribution >= 0.6 is 0 Å². The summed E-state index contributed by atoms with van der Waals surface area (Å²) in [4.78, 5) is 0. The van der Waals surface area contributed by atoms with Gasteiger partial charge in [-0.25, -0.2) is 0 Å². The standard InChI is InChI=1S/C18H14N4S/c23-22-21-18-8-4-5-15(13-18)14-9-11-17(12-10-14)20-19-16-6-2-1-3-7-16/h1-13H,(H,21,23). The van der Waals surface area contributed by atoms with Gasteiger partial charge in [-0.1, -0.05) is 42.5 Å². The van der Waals surface area contributed by atoms with Crippen LogP contribution in [-0.4, -0.2) is 0 Å². The molecule has 0 aliphatic carbocycles. The Morgan fingerprint density at radius 3 is 2.04 bits per heavy atom. The van der Waals surface area contributed by atoms with Crippen LogP contribution in [0.25, 0.3) is 11.1 Å². The molecule has 4 nitrogen and oxygen atoms in total. The third kappa shape index (κ3) is 4.05. The van der Waals surface area contributed by atoms with Crippen LogP contribution in [0.2, 0.25) is 0 Å². The summed E-state index contributed by atoms with van der Waals surface area (Å²) in [5, 5.41) is 8.45. The second-order valence-corrected chi connectivity index (χ2v) is 5.05. The Morgan fingerprint density at radius 2 is 1.35 bits per heavy atom. The molecule has 3 rings (SSSR count). The lowest BCUT2D eigenvalue weighted by molar-refractivity contribution is 1.23. The smallest absolute Gasteiger partial charge is 0.0857 e. The molecule has 5 heteroatoms. The van der Waals surface area contributed by atoms with Crippen LogP contribution in [0.15, 0.2) is 93.6 Å². The Morgan fingerprint density at radius 1 is 0.652 bits per heavy atom. The van der Waals surface area contributed by atoms with Crippen LogP contribution < -0.4 is 5.43 Å². The van der Waals surface area contributed by atoms with Gasteiger partial charge >= 0.3 is 0 Å². The van der Waals surface area contributed by atoms with E-state index in [2.05, 4.69) is 32.6 Å². The Kier molecular flexibility index (Phi) is 4.81. The SMILES string of the molecule is S=NNc1cccc(-c2ccc(N=Nc3ccccc3)cc2)c1. The minimum absolute atomic E-state index is 0.812. The van der Waals surface area contributed by atoms with E-state index < -0.39 is 0 Å². The van der Waals surface area contributed by atoms with Crippen molar-refractivity contribution in [2.75, 3.05) is 5.43 Å². The molecule has 1 N–H and O–H groups in total. The number of nitrogens with one attached hydrogen (secondary N) is 1. The number of hydrogen-bond acceptors (Lipinski definition) is 4. The fraction of sp³-hybridized carbons (Fsp3) is 0. The van der Waals surface area contributed by atoms with Crippen molar-refractivity contribution in [1.82, 2.24) is 0 Å². The number of azo groups is 1. The van der Waals surface area contributed by atoms with E-state index >= 15 is 0 Å². The molecule has 0 unspecified atom stereocenters. The number of rotatable bonds is 5. The first-order chi connectivity index (χ1) is 11.3. The summed E-state index contributed by atoms with van der Waals surface area (Å²) in [6, 6.07) is 25.5. The van der Waals surface area contributed by atoms with Crippen LogP contribution in [0.1, 0.15) is 0 Å². The fourth-order valence-electron chi connectivity index (χ4n) is 2.15. The van der Waals surface area contributed by atoms with E-state index in [-0.39, 0.29) is 0 Å². The molecule has 3 aromatic carbocycles. The van der Waals surface area contributed by atoms with Crippen LogP contribution in [-0.2, 0) is 12.4 Å². The largest absolute Gasteiger partial charge is 0.267 e. The van der Waals surface area contributed by atoms with Gasteiger partial charge in [0.15, 0.2) is 0 Å². The van der Waals surface area contributed by atoms with Crippen molar-refractivity contribution in [2.24, 2.45) is 14.7 Å². The Hall–Kier alpha value is -2.92.